The van der Waals surface area contributed by atoms with Crippen LogP contribution in [0.1, 0.15) is 40.0 Å². The first-order chi connectivity index (χ1) is 7.09. The molecule has 2 aliphatic rings. The lowest BCUT2D eigenvalue weighted by atomic mass is 10.1. The Labute approximate surface area is 92.2 Å². The average molecular weight is 210 g/mol. The number of hydrogen-bond donors (Lipinski definition) is 1. The molecule has 1 aliphatic carbocycles. The molecule has 1 saturated heterocycles. The van der Waals surface area contributed by atoms with Crippen LogP contribution in [0.2, 0.25) is 0 Å². The molecule has 0 bridgehead atoms. The van der Waals surface area contributed by atoms with Gasteiger partial charge in [0.2, 0.25) is 5.91 Å². The van der Waals surface area contributed by atoms with Crippen molar-refractivity contribution in [2.45, 2.75) is 52.2 Å². The third-order valence-electron chi connectivity index (χ3n) is 3.53. The van der Waals surface area contributed by atoms with E-state index in [0.29, 0.717) is 18.5 Å². The Morgan fingerprint density at radius 2 is 2.07 bits per heavy atom. The lowest BCUT2D eigenvalue weighted by molar-refractivity contribution is -0.130. The van der Waals surface area contributed by atoms with E-state index in [4.69, 9.17) is 0 Å². The van der Waals surface area contributed by atoms with Crippen LogP contribution in [0.25, 0.3) is 0 Å². The van der Waals surface area contributed by atoms with Gasteiger partial charge in [0, 0.05) is 6.04 Å². The monoisotopic (exact) mass is 210 g/mol. The summed E-state index contributed by atoms with van der Waals surface area (Å²) < 4.78 is 0. The van der Waals surface area contributed by atoms with Gasteiger partial charge in [0.05, 0.1) is 12.7 Å². The van der Waals surface area contributed by atoms with E-state index in [2.05, 4.69) is 31.0 Å². The molecule has 0 aromatic rings. The highest BCUT2D eigenvalue weighted by atomic mass is 16.2. The fraction of sp³-hybridized carbons (Fsp3) is 0.917. The molecule has 2 atom stereocenters. The van der Waals surface area contributed by atoms with Gasteiger partial charge in [0.1, 0.15) is 0 Å². The van der Waals surface area contributed by atoms with E-state index >= 15 is 0 Å². The summed E-state index contributed by atoms with van der Waals surface area (Å²) in [5.41, 5.74) is 0. The zero-order valence-electron chi connectivity index (χ0n) is 9.99. The molecule has 2 rings (SSSR count). The topological polar surface area (TPSA) is 32.3 Å². The van der Waals surface area contributed by atoms with E-state index in [9.17, 15) is 4.79 Å². The summed E-state index contributed by atoms with van der Waals surface area (Å²) in [4.78, 5) is 13.9. The molecule has 3 heteroatoms. The Balaban J connectivity index is 1.98. The van der Waals surface area contributed by atoms with Gasteiger partial charge in [-0.25, -0.2) is 0 Å². The maximum atomic E-state index is 11.8. The van der Waals surface area contributed by atoms with Gasteiger partial charge in [-0.05, 0) is 25.2 Å². The minimum absolute atomic E-state index is 0.256. The number of nitrogens with one attached hydrogen (secondary N) is 1. The van der Waals surface area contributed by atoms with Crippen molar-refractivity contribution in [1.82, 2.24) is 10.2 Å². The Morgan fingerprint density at radius 3 is 2.60 bits per heavy atom. The number of carbonyl (C=O) groups excluding carboxylic acids is 1. The molecule has 0 aromatic heterocycles. The molecule has 86 valence electrons. The van der Waals surface area contributed by atoms with Gasteiger partial charge in [-0.3, -0.25) is 10.1 Å². The van der Waals surface area contributed by atoms with Gasteiger partial charge in [0.25, 0.3) is 0 Å². The smallest absolute Gasteiger partial charge is 0.238 e. The van der Waals surface area contributed by atoms with Gasteiger partial charge in [-0.1, -0.05) is 26.7 Å². The predicted molar refractivity (Wildman–Crippen MR) is 60.3 cm³/mol. The van der Waals surface area contributed by atoms with Crippen molar-refractivity contribution in [3.8, 4) is 0 Å². The third-order valence-corrected chi connectivity index (χ3v) is 3.53. The Kier molecular flexibility index (Phi) is 3.01. The fourth-order valence-corrected chi connectivity index (χ4v) is 2.56. The third kappa shape index (κ3) is 2.33. The molecule has 0 aromatic carbocycles. The van der Waals surface area contributed by atoms with Crippen LogP contribution in [0.3, 0.4) is 0 Å². The first kappa shape index (κ1) is 10.9. The van der Waals surface area contributed by atoms with Gasteiger partial charge in [-0.15, -0.1) is 0 Å². The molecule has 1 aliphatic heterocycles. The summed E-state index contributed by atoms with van der Waals surface area (Å²) in [6, 6.07) is 0.410. The van der Waals surface area contributed by atoms with Crippen LogP contribution in [0.4, 0.5) is 0 Å². The Hall–Kier alpha value is -0.570. The second kappa shape index (κ2) is 4.12. The van der Waals surface area contributed by atoms with Crippen LogP contribution < -0.4 is 5.32 Å². The van der Waals surface area contributed by atoms with Crippen LogP contribution in [-0.4, -0.2) is 29.6 Å². The molecule has 1 saturated carbocycles. The molecule has 0 radical (unpaired) electrons. The van der Waals surface area contributed by atoms with Crippen LogP contribution in [-0.2, 0) is 4.79 Å². The van der Waals surface area contributed by atoms with Crippen molar-refractivity contribution < 1.29 is 4.79 Å². The molecule has 0 spiro atoms. The van der Waals surface area contributed by atoms with Crippen molar-refractivity contribution >= 4 is 5.91 Å². The molecular weight excluding hydrogens is 188 g/mol. The Morgan fingerprint density at radius 1 is 1.40 bits per heavy atom. The van der Waals surface area contributed by atoms with E-state index < -0.39 is 0 Å². The summed E-state index contributed by atoms with van der Waals surface area (Å²) in [6.45, 7) is 7.07. The minimum Gasteiger partial charge on any atom is -0.323 e. The van der Waals surface area contributed by atoms with Gasteiger partial charge >= 0.3 is 0 Å². The summed E-state index contributed by atoms with van der Waals surface area (Å²) in [5, 5.41) is 3.31. The summed E-state index contributed by atoms with van der Waals surface area (Å²) in [5.74, 6) is 1.67. The number of carbonyl (C=O) groups is 1. The van der Waals surface area contributed by atoms with Crippen molar-refractivity contribution in [2.75, 3.05) is 6.54 Å². The standard InChI is InChI=1S/C12H22N2O/c1-8(2)12-13-7-11(15)14(12)9(3)6-10-4-5-10/h8-10,12-13H,4-7H2,1-3H3. The van der Waals surface area contributed by atoms with Crippen LogP contribution >= 0.6 is 0 Å². The minimum atomic E-state index is 0.256. The quantitative estimate of drug-likeness (QED) is 0.764. The Bertz CT molecular complexity index is 248. The second-order valence-electron chi connectivity index (χ2n) is 5.40. The first-order valence-corrected chi connectivity index (χ1v) is 6.14. The number of rotatable bonds is 4. The molecule has 1 amide bonds. The highest BCUT2D eigenvalue weighted by molar-refractivity contribution is 5.81. The fourth-order valence-electron chi connectivity index (χ4n) is 2.56. The molecular formula is C12H22N2O. The summed E-state index contributed by atoms with van der Waals surface area (Å²) >= 11 is 0. The molecule has 3 nitrogen and oxygen atoms in total. The molecule has 15 heavy (non-hydrogen) atoms. The predicted octanol–water partition coefficient (Wildman–Crippen LogP) is 1.59. The second-order valence-corrected chi connectivity index (χ2v) is 5.40. The lowest BCUT2D eigenvalue weighted by Crippen LogP contribution is -2.46. The van der Waals surface area contributed by atoms with E-state index in [1.165, 1.54) is 19.3 Å². The van der Waals surface area contributed by atoms with Crippen LogP contribution in [0.5, 0.6) is 0 Å². The first-order valence-electron chi connectivity index (χ1n) is 6.14. The maximum Gasteiger partial charge on any atom is 0.238 e. The van der Waals surface area contributed by atoms with E-state index in [0.717, 1.165) is 5.92 Å². The largest absolute Gasteiger partial charge is 0.323 e. The van der Waals surface area contributed by atoms with E-state index in [-0.39, 0.29) is 12.1 Å². The molecule has 1 N–H and O–H groups in total. The van der Waals surface area contributed by atoms with E-state index in [1.54, 1.807) is 0 Å². The number of amides is 1. The van der Waals surface area contributed by atoms with Gasteiger partial charge in [0.15, 0.2) is 0 Å². The van der Waals surface area contributed by atoms with Crippen LogP contribution in [0.15, 0.2) is 0 Å². The number of nitrogens with zero attached hydrogens (tertiary/aromatic N) is 1. The zero-order chi connectivity index (χ0) is 11.0. The number of hydrogen-bond acceptors (Lipinski definition) is 2. The van der Waals surface area contributed by atoms with E-state index in [1.807, 2.05) is 0 Å². The van der Waals surface area contributed by atoms with Gasteiger partial charge < -0.3 is 4.90 Å². The molecule has 2 unspecified atom stereocenters. The zero-order valence-corrected chi connectivity index (χ0v) is 9.99. The van der Waals surface area contributed by atoms with Crippen molar-refractivity contribution in [3.63, 3.8) is 0 Å². The summed E-state index contributed by atoms with van der Waals surface area (Å²) in [7, 11) is 0. The van der Waals surface area contributed by atoms with Crippen molar-refractivity contribution in [1.29, 1.82) is 0 Å². The molecule has 1 heterocycles. The highest BCUT2D eigenvalue weighted by Gasteiger charge is 2.37. The lowest BCUT2D eigenvalue weighted by Gasteiger charge is -2.32. The average Bonchev–Trinajstić information content (AvgIpc) is 2.86. The van der Waals surface area contributed by atoms with Gasteiger partial charge in [-0.2, -0.15) is 0 Å². The summed E-state index contributed by atoms with van der Waals surface area (Å²) in [6.07, 6.45) is 4.18. The van der Waals surface area contributed by atoms with Crippen molar-refractivity contribution in [2.24, 2.45) is 11.8 Å². The van der Waals surface area contributed by atoms with Crippen molar-refractivity contribution in [3.05, 3.63) is 0 Å². The maximum absolute atomic E-state index is 11.8. The van der Waals surface area contributed by atoms with Crippen LogP contribution in [0, 0.1) is 11.8 Å². The normalized spacial score (nSPS) is 28.9. The SMILES string of the molecule is CC(C)C1NCC(=O)N1C(C)CC1CC1. The highest BCUT2D eigenvalue weighted by Crippen LogP contribution is 2.35. The molecule has 2 fully saturated rings.